The van der Waals surface area contributed by atoms with Gasteiger partial charge < -0.3 is 28.7 Å². The topological polar surface area (TPSA) is 43.4 Å². The summed E-state index contributed by atoms with van der Waals surface area (Å²) in [5, 5.41) is 4.69. The zero-order valence-electron chi connectivity index (χ0n) is 37.9. The first kappa shape index (κ1) is 42.0. The van der Waals surface area contributed by atoms with E-state index in [0.717, 1.165) is 57.8 Å². The Bertz CT molecular complexity index is 2970. The number of allylic oxidation sites excluding steroid dienone is 1. The molecule has 0 heterocycles. The molecule has 1 aliphatic carbocycles. The van der Waals surface area contributed by atoms with E-state index in [-0.39, 0.29) is 6.10 Å². The number of benzene rings is 8. The summed E-state index contributed by atoms with van der Waals surface area (Å²) in [4.78, 5) is 4.65. The molecule has 0 radical (unpaired) electrons. The molecule has 0 bridgehead atoms. The smallest absolute Gasteiger partial charge is 0.119 e. The largest absolute Gasteiger partial charge is 0.497 e. The molecule has 8 aromatic rings. The first-order valence-electron chi connectivity index (χ1n) is 21.8. The number of ether oxygens (including phenoxy) is 4. The highest BCUT2D eigenvalue weighted by molar-refractivity contribution is 6.22. The van der Waals surface area contributed by atoms with Crippen molar-refractivity contribution in [3.63, 3.8) is 0 Å². The van der Waals surface area contributed by atoms with Crippen molar-refractivity contribution in [2.24, 2.45) is 0 Å². The number of rotatable bonds is 12. The number of aryl methyl sites for hydroxylation is 4. The van der Waals surface area contributed by atoms with Crippen molar-refractivity contribution in [2.45, 2.75) is 40.2 Å². The molecule has 0 fully saturated rings. The van der Waals surface area contributed by atoms with Gasteiger partial charge in [-0.25, -0.2) is 0 Å². The lowest BCUT2D eigenvalue weighted by molar-refractivity contribution is 0.142. The van der Waals surface area contributed by atoms with Gasteiger partial charge in [-0.2, -0.15) is 0 Å². The highest BCUT2D eigenvalue weighted by Gasteiger charge is 2.24. The van der Waals surface area contributed by atoms with Crippen LogP contribution in [0.1, 0.15) is 28.7 Å². The van der Waals surface area contributed by atoms with Crippen LogP contribution in [0, 0.1) is 27.7 Å². The van der Waals surface area contributed by atoms with Crippen LogP contribution in [0.5, 0.6) is 17.2 Å². The normalized spacial score (nSPS) is 13.5. The average Bonchev–Trinajstić information content (AvgIpc) is 3.31. The molecular weight excluding hydrogens is 789 g/mol. The minimum atomic E-state index is 0.0381. The minimum absolute atomic E-state index is 0.0381. The average molecular weight is 843 g/mol. The maximum Gasteiger partial charge on any atom is 0.119 e. The van der Waals surface area contributed by atoms with E-state index in [0.29, 0.717) is 0 Å². The van der Waals surface area contributed by atoms with Crippen LogP contribution < -0.4 is 24.0 Å². The van der Waals surface area contributed by atoms with Gasteiger partial charge in [0, 0.05) is 41.2 Å². The fourth-order valence-electron chi connectivity index (χ4n) is 9.36. The van der Waals surface area contributed by atoms with Gasteiger partial charge in [-0.05, 0) is 181 Å². The Labute approximate surface area is 377 Å². The highest BCUT2D eigenvalue weighted by atomic mass is 16.5. The fraction of sp³-hybridized carbons (Fsp3) is 0.172. The van der Waals surface area contributed by atoms with Crippen LogP contribution >= 0.6 is 0 Å². The summed E-state index contributed by atoms with van der Waals surface area (Å²) in [5.41, 5.74) is 15.9. The lowest BCUT2D eigenvalue weighted by Gasteiger charge is -2.30. The molecule has 9 rings (SSSR count). The third-order valence-corrected chi connectivity index (χ3v) is 12.2. The van der Waals surface area contributed by atoms with Gasteiger partial charge in [-0.15, -0.1) is 0 Å². The van der Waals surface area contributed by atoms with E-state index in [1.807, 2.05) is 36.4 Å². The summed E-state index contributed by atoms with van der Waals surface area (Å²) in [7, 11) is 6.88. The molecule has 8 aromatic carbocycles. The van der Waals surface area contributed by atoms with Gasteiger partial charge in [-0.3, -0.25) is 0 Å². The lowest BCUT2D eigenvalue weighted by Crippen LogP contribution is -2.19. The Hall–Kier alpha value is -7.28. The summed E-state index contributed by atoms with van der Waals surface area (Å²) in [6, 6.07) is 52.6. The molecule has 0 spiro atoms. The van der Waals surface area contributed by atoms with Crippen molar-refractivity contribution in [1.29, 1.82) is 0 Å². The van der Waals surface area contributed by atoms with Crippen LogP contribution in [0.3, 0.4) is 0 Å². The van der Waals surface area contributed by atoms with Gasteiger partial charge in [0.2, 0.25) is 0 Å². The van der Waals surface area contributed by atoms with E-state index in [1.54, 1.807) is 28.4 Å². The Balaban J connectivity index is 1.37. The summed E-state index contributed by atoms with van der Waals surface area (Å²) >= 11 is 0. The maximum atomic E-state index is 5.73. The molecular formula is C58H54N2O4. The number of fused-ring (bicyclic) bond motifs is 2. The van der Waals surface area contributed by atoms with Gasteiger partial charge in [0.05, 0.1) is 27.4 Å². The Kier molecular flexibility index (Phi) is 11.7. The Morgan fingerprint density at radius 3 is 1.14 bits per heavy atom. The second-order valence-electron chi connectivity index (χ2n) is 16.7. The molecule has 1 unspecified atom stereocenters. The quantitative estimate of drug-likeness (QED) is 0.114. The molecule has 1 atom stereocenters. The molecule has 0 aliphatic heterocycles. The molecule has 1 aliphatic rings. The monoisotopic (exact) mass is 842 g/mol. The Morgan fingerprint density at radius 2 is 0.781 bits per heavy atom. The molecule has 6 nitrogen and oxygen atoms in total. The third kappa shape index (κ3) is 8.21. The van der Waals surface area contributed by atoms with Crippen molar-refractivity contribution in [3.8, 4) is 39.5 Å². The summed E-state index contributed by atoms with van der Waals surface area (Å²) in [6.45, 7) is 8.76. The molecule has 0 saturated carbocycles. The van der Waals surface area contributed by atoms with Gasteiger partial charge >= 0.3 is 0 Å². The van der Waals surface area contributed by atoms with E-state index in [9.17, 15) is 0 Å². The number of nitrogens with zero attached hydrogens (tertiary/aromatic N) is 2. The van der Waals surface area contributed by atoms with Crippen molar-refractivity contribution < 1.29 is 18.9 Å². The first-order chi connectivity index (χ1) is 31.1. The summed E-state index contributed by atoms with van der Waals surface area (Å²) in [5.74, 6) is 2.42. The predicted octanol–water partition coefficient (Wildman–Crippen LogP) is 15.1. The molecule has 0 aromatic heterocycles. The van der Waals surface area contributed by atoms with Gasteiger partial charge in [0.15, 0.2) is 0 Å². The molecule has 0 saturated heterocycles. The predicted molar refractivity (Wildman–Crippen MR) is 267 cm³/mol. The standard InChI is InChI=1S/C58H54N2O4/c1-37-29-38(2)32-41(31-37)57-53-27-17-48(60(45-13-23-51(63-7)24-14-45)46-15-25-52(64-8)26-16-46)36-56(53)58(42-33-39(3)30-40(4)34-42)54-28-18-47(35-55(54)57)59(43-9-19-49(61-5)20-10-43)44-11-21-50(62-6)22-12-44/h9-25,27-36,52H,26H2,1-8H3. The minimum Gasteiger partial charge on any atom is -0.497 e. The fourth-order valence-corrected chi connectivity index (χ4v) is 9.36. The highest BCUT2D eigenvalue weighted by Crippen LogP contribution is 2.49. The first-order valence-corrected chi connectivity index (χ1v) is 21.8. The van der Waals surface area contributed by atoms with Crippen LogP contribution in [0.2, 0.25) is 0 Å². The van der Waals surface area contributed by atoms with E-state index >= 15 is 0 Å². The molecule has 0 amide bonds. The van der Waals surface area contributed by atoms with Crippen LogP contribution in [0.15, 0.2) is 170 Å². The van der Waals surface area contributed by atoms with E-state index in [4.69, 9.17) is 18.9 Å². The van der Waals surface area contributed by atoms with Crippen molar-refractivity contribution in [1.82, 2.24) is 0 Å². The maximum absolute atomic E-state index is 5.73. The zero-order chi connectivity index (χ0) is 44.5. The van der Waals surface area contributed by atoms with Crippen molar-refractivity contribution in [2.75, 3.05) is 38.2 Å². The van der Waals surface area contributed by atoms with Crippen molar-refractivity contribution in [3.05, 3.63) is 192 Å². The van der Waals surface area contributed by atoms with Crippen molar-refractivity contribution >= 4 is 50.0 Å². The SMILES string of the molecule is COc1ccc(N(C2=CCC(OC)C=C2)c2ccc3c(-c4cc(C)cc(C)c4)c4cc(N(c5ccc(OC)cc5)c5ccc(OC)cc5)ccc4c(-c4cc(C)cc(C)c4)c3c2)cc1. The van der Waals surface area contributed by atoms with E-state index in [1.165, 1.54) is 66.1 Å². The number of hydrogen-bond donors (Lipinski definition) is 0. The van der Waals surface area contributed by atoms with E-state index in [2.05, 4.69) is 165 Å². The number of methoxy groups -OCH3 is 4. The van der Waals surface area contributed by atoms with E-state index < -0.39 is 0 Å². The molecule has 6 heteroatoms. The second-order valence-corrected chi connectivity index (χ2v) is 16.7. The van der Waals surface area contributed by atoms with Gasteiger partial charge in [0.1, 0.15) is 17.2 Å². The van der Waals surface area contributed by atoms with Gasteiger partial charge in [-0.1, -0.05) is 82.9 Å². The third-order valence-electron chi connectivity index (χ3n) is 12.2. The zero-order valence-corrected chi connectivity index (χ0v) is 37.9. The number of hydrogen-bond acceptors (Lipinski definition) is 6. The van der Waals surface area contributed by atoms with Gasteiger partial charge in [0.25, 0.3) is 0 Å². The van der Waals surface area contributed by atoms with Crippen LogP contribution in [-0.2, 0) is 4.74 Å². The summed E-state index contributed by atoms with van der Waals surface area (Å²) < 4.78 is 22.5. The molecule has 320 valence electrons. The second kappa shape index (κ2) is 17.8. The summed E-state index contributed by atoms with van der Waals surface area (Å²) in [6.07, 6.45) is 7.42. The molecule has 0 N–H and O–H groups in total. The van der Waals surface area contributed by atoms with Crippen LogP contribution in [-0.4, -0.2) is 34.5 Å². The van der Waals surface area contributed by atoms with Crippen LogP contribution in [0.25, 0.3) is 43.8 Å². The Morgan fingerprint density at radius 1 is 0.406 bits per heavy atom. The lowest BCUT2D eigenvalue weighted by atomic mass is 9.84. The molecule has 64 heavy (non-hydrogen) atoms. The number of anilines is 5. The van der Waals surface area contributed by atoms with Crippen LogP contribution in [0.4, 0.5) is 28.4 Å².